The summed E-state index contributed by atoms with van der Waals surface area (Å²) in [6, 6.07) is 13.0. The van der Waals surface area contributed by atoms with E-state index >= 15 is 0 Å². The summed E-state index contributed by atoms with van der Waals surface area (Å²) in [5.74, 6) is -0.560. The molecule has 1 atom stereocenters. The Bertz CT molecular complexity index is 1890. The van der Waals surface area contributed by atoms with E-state index in [-0.39, 0.29) is 17.2 Å². The van der Waals surface area contributed by atoms with E-state index in [1.807, 2.05) is 13.8 Å². The van der Waals surface area contributed by atoms with Crippen LogP contribution in [0.4, 0.5) is 10.1 Å². The summed E-state index contributed by atoms with van der Waals surface area (Å²) in [4.78, 5) is 44.6. The lowest BCUT2D eigenvalue weighted by molar-refractivity contribution is -0.387. The Balaban J connectivity index is 1.62. The lowest BCUT2D eigenvalue weighted by Gasteiger charge is -2.29. The number of furan rings is 1. The fourth-order valence-corrected chi connectivity index (χ4v) is 5.91. The number of rotatable bonds is 7. The number of fused-ring (bicyclic) bond motifs is 1. The van der Waals surface area contributed by atoms with Crippen LogP contribution in [0.5, 0.6) is 0 Å². The summed E-state index contributed by atoms with van der Waals surface area (Å²) < 4.78 is 21.5. The first-order valence-electron chi connectivity index (χ1n) is 12.7. The number of carbonyl (C=O) groups is 1. The number of allylic oxidation sites excluding steroid dienone is 1. The molecule has 210 valence electrons. The van der Waals surface area contributed by atoms with Crippen molar-refractivity contribution in [2.45, 2.75) is 26.8 Å². The number of hydrogen-bond donors (Lipinski definition) is 0. The topological polar surface area (TPSA) is 111 Å². The molecule has 0 spiro atoms. The summed E-state index contributed by atoms with van der Waals surface area (Å²) in [5.41, 5.74) is 0.936. The third-order valence-corrected chi connectivity index (χ3v) is 8.05. The highest BCUT2D eigenvalue weighted by atomic mass is 35.5. The van der Waals surface area contributed by atoms with Gasteiger partial charge in [-0.3, -0.25) is 24.3 Å². The number of nitrogens with zero attached hydrogens (tertiary/aromatic N) is 4. The summed E-state index contributed by atoms with van der Waals surface area (Å²) >= 11 is 7.29. The van der Waals surface area contributed by atoms with Crippen LogP contribution in [0.1, 0.15) is 38.1 Å². The molecule has 0 N–H and O–H groups in total. The first-order valence-corrected chi connectivity index (χ1v) is 13.9. The first kappa shape index (κ1) is 28.2. The van der Waals surface area contributed by atoms with Crippen molar-refractivity contribution in [3.63, 3.8) is 0 Å². The van der Waals surface area contributed by atoms with Crippen LogP contribution in [0.25, 0.3) is 17.4 Å². The van der Waals surface area contributed by atoms with Crippen LogP contribution >= 0.6 is 22.9 Å². The monoisotopic (exact) mass is 594 g/mol. The molecule has 1 amide bonds. The maximum absolute atomic E-state index is 13.8. The SMILES string of the molecule is CCN(CC)C(=O)C1=C(C)N=c2s/c(=C/c3ccc(-c4ccc(F)c([N+](=O)[O-])c4)o3)c(=O)n2[C@H]1c1ccc(Cl)cc1. The fourth-order valence-electron chi connectivity index (χ4n) is 4.76. The third-order valence-electron chi connectivity index (χ3n) is 6.82. The largest absolute Gasteiger partial charge is 0.457 e. The zero-order chi connectivity index (χ0) is 29.4. The van der Waals surface area contributed by atoms with Gasteiger partial charge in [-0.25, -0.2) is 4.99 Å². The highest BCUT2D eigenvalue weighted by Crippen LogP contribution is 2.32. The van der Waals surface area contributed by atoms with Gasteiger partial charge in [0.25, 0.3) is 11.5 Å². The minimum absolute atomic E-state index is 0.199. The smallest absolute Gasteiger partial charge is 0.305 e. The van der Waals surface area contributed by atoms with Crippen LogP contribution in [-0.2, 0) is 4.79 Å². The molecule has 1 aliphatic rings. The molecule has 0 unspecified atom stereocenters. The maximum atomic E-state index is 13.8. The van der Waals surface area contributed by atoms with Gasteiger partial charge in [-0.15, -0.1) is 0 Å². The molecule has 0 fully saturated rings. The van der Waals surface area contributed by atoms with Crippen molar-refractivity contribution in [3.05, 3.63) is 118 Å². The van der Waals surface area contributed by atoms with Gasteiger partial charge in [-0.2, -0.15) is 4.39 Å². The summed E-state index contributed by atoms with van der Waals surface area (Å²) in [5, 5.41) is 11.7. The molecule has 0 aliphatic carbocycles. The average Bonchev–Trinajstić information content (AvgIpc) is 3.53. The van der Waals surface area contributed by atoms with E-state index in [9.17, 15) is 24.1 Å². The maximum Gasteiger partial charge on any atom is 0.305 e. The number of halogens is 2. The number of hydrogen-bond acceptors (Lipinski definition) is 7. The number of carbonyl (C=O) groups excluding carboxylic acids is 1. The number of amides is 1. The number of thiazole rings is 1. The molecule has 0 bridgehead atoms. The molecule has 2 aromatic carbocycles. The number of benzene rings is 2. The van der Waals surface area contributed by atoms with Crippen molar-refractivity contribution in [2.24, 2.45) is 4.99 Å². The predicted octanol–water partition coefficient (Wildman–Crippen LogP) is 5.06. The van der Waals surface area contributed by atoms with E-state index in [1.54, 1.807) is 54.3 Å². The van der Waals surface area contributed by atoms with Crippen LogP contribution < -0.4 is 14.9 Å². The number of nitro benzene ring substituents is 1. The van der Waals surface area contributed by atoms with Gasteiger partial charge in [-0.05, 0) is 62.7 Å². The van der Waals surface area contributed by atoms with E-state index in [2.05, 4.69) is 4.99 Å². The number of nitro groups is 1. The van der Waals surface area contributed by atoms with E-state index in [1.165, 1.54) is 10.6 Å². The molecule has 4 aromatic rings. The Labute approximate surface area is 242 Å². The van der Waals surface area contributed by atoms with E-state index < -0.39 is 22.5 Å². The molecule has 9 nitrogen and oxygen atoms in total. The molecule has 3 heterocycles. The van der Waals surface area contributed by atoms with Gasteiger partial charge >= 0.3 is 5.69 Å². The molecule has 0 saturated carbocycles. The van der Waals surface area contributed by atoms with Crippen molar-refractivity contribution in [1.82, 2.24) is 9.47 Å². The van der Waals surface area contributed by atoms with Crippen LogP contribution in [-0.4, -0.2) is 33.4 Å². The number of likely N-dealkylation sites (N-methyl/N-ethyl adjacent to an activating group) is 1. The van der Waals surface area contributed by atoms with Crippen molar-refractivity contribution >= 4 is 40.6 Å². The minimum Gasteiger partial charge on any atom is -0.457 e. The van der Waals surface area contributed by atoms with E-state index in [0.29, 0.717) is 55.6 Å². The number of aromatic nitrogens is 1. The molecule has 41 heavy (non-hydrogen) atoms. The second-order valence-electron chi connectivity index (χ2n) is 9.24. The van der Waals surface area contributed by atoms with Crippen LogP contribution in [0, 0.1) is 15.9 Å². The van der Waals surface area contributed by atoms with Gasteiger partial charge < -0.3 is 9.32 Å². The van der Waals surface area contributed by atoms with Crippen molar-refractivity contribution in [2.75, 3.05) is 13.1 Å². The molecule has 0 saturated heterocycles. The summed E-state index contributed by atoms with van der Waals surface area (Å²) in [6.07, 6.45) is 1.55. The molecule has 0 radical (unpaired) electrons. The Morgan fingerprint density at radius 2 is 1.90 bits per heavy atom. The quantitative estimate of drug-likeness (QED) is 0.219. The Morgan fingerprint density at radius 3 is 2.56 bits per heavy atom. The Kier molecular flexibility index (Phi) is 7.74. The van der Waals surface area contributed by atoms with Crippen molar-refractivity contribution in [3.8, 4) is 11.3 Å². The van der Waals surface area contributed by atoms with E-state index in [4.69, 9.17) is 16.0 Å². The van der Waals surface area contributed by atoms with Crippen LogP contribution in [0.2, 0.25) is 5.02 Å². The van der Waals surface area contributed by atoms with Crippen LogP contribution in [0.15, 0.2) is 80.1 Å². The third kappa shape index (κ3) is 5.25. The molecular formula is C29H24ClFN4O5S. The van der Waals surface area contributed by atoms with Crippen LogP contribution in [0.3, 0.4) is 0 Å². The lowest BCUT2D eigenvalue weighted by Crippen LogP contribution is -2.43. The summed E-state index contributed by atoms with van der Waals surface area (Å²) in [6.45, 7) is 6.55. The zero-order valence-electron chi connectivity index (χ0n) is 22.3. The molecule has 2 aromatic heterocycles. The van der Waals surface area contributed by atoms with Gasteiger partial charge in [-0.1, -0.05) is 35.1 Å². The average molecular weight is 595 g/mol. The summed E-state index contributed by atoms with van der Waals surface area (Å²) in [7, 11) is 0. The fraction of sp³-hybridized carbons (Fsp3) is 0.207. The van der Waals surface area contributed by atoms with Gasteiger partial charge in [0.05, 0.1) is 26.8 Å². The lowest BCUT2D eigenvalue weighted by atomic mass is 9.94. The van der Waals surface area contributed by atoms with Gasteiger partial charge in [0.1, 0.15) is 11.5 Å². The molecule has 12 heteroatoms. The molecular weight excluding hydrogens is 571 g/mol. The van der Waals surface area contributed by atoms with Gasteiger partial charge in [0.15, 0.2) is 4.80 Å². The predicted molar refractivity (Wildman–Crippen MR) is 154 cm³/mol. The highest BCUT2D eigenvalue weighted by Gasteiger charge is 2.34. The Morgan fingerprint density at radius 1 is 1.20 bits per heavy atom. The van der Waals surface area contributed by atoms with E-state index in [0.717, 1.165) is 23.5 Å². The minimum atomic E-state index is -0.948. The normalized spacial score (nSPS) is 15.0. The second kappa shape index (κ2) is 11.3. The highest BCUT2D eigenvalue weighted by molar-refractivity contribution is 7.07. The zero-order valence-corrected chi connectivity index (χ0v) is 23.8. The van der Waals surface area contributed by atoms with Gasteiger partial charge in [0.2, 0.25) is 5.82 Å². The van der Waals surface area contributed by atoms with Crippen molar-refractivity contribution in [1.29, 1.82) is 0 Å². The second-order valence-corrected chi connectivity index (χ2v) is 10.7. The molecule has 5 rings (SSSR count). The Hall–Kier alpha value is -4.35. The van der Waals surface area contributed by atoms with Crippen molar-refractivity contribution < 1.29 is 18.5 Å². The van der Waals surface area contributed by atoms with Gasteiger partial charge in [0, 0.05) is 35.8 Å². The first-order chi connectivity index (χ1) is 19.6. The standard InChI is InChI=1S/C29H24ClFN4O5S/c1-4-33(5-2)28(37)25-16(3)32-29-34(26(25)17-6-9-19(30)10-7-17)27(36)24(41-29)15-20-11-13-23(40-20)18-8-12-21(31)22(14-18)35(38)39/h6-15,26H,4-5H2,1-3H3/b24-15+/t26-/m0/s1. The molecule has 1 aliphatic heterocycles.